The van der Waals surface area contributed by atoms with Crippen LogP contribution in [0.1, 0.15) is 17.2 Å². The quantitative estimate of drug-likeness (QED) is 0.639. The number of nitrogens with two attached hydrogens (primary N) is 1. The van der Waals surface area contributed by atoms with Crippen molar-refractivity contribution in [1.82, 2.24) is 5.32 Å². The van der Waals surface area contributed by atoms with Gasteiger partial charge in [-0.25, -0.2) is 0 Å². The maximum atomic E-state index is 11.7. The second-order valence-corrected chi connectivity index (χ2v) is 5.67. The zero-order valence-corrected chi connectivity index (χ0v) is 14.2. The summed E-state index contributed by atoms with van der Waals surface area (Å²) in [6, 6.07) is 16.2. The molecule has 2 aromatic rings. The fourth-order valence-electron chi connectivity index (χ4n) is 2.25. The van der Waals surface area contributed by atoms with Gasteiger partial charge < -0.3 is 25.6 Å². The Bertz CT molecular complexity index is 663. The van der Waals surface area contributed by atoms with E-state index in [0.717, 1.165) is 5.56 Å². The van der Waals surface area contributed by atoms with Crippen LogP contribution in [0, 0.1) is 0 Å². The number of benzene rings is 2. The summed E-state index contributed by atoms with van der Waals surface area (Å²) in [6.45, 7) is 0.645. The lowest BCUT2D eigenvalue weighted by Gasteiger charge is -2.16. The van der Waals surface area contributed by atoms with Crippen molar-refractivity contribution < 1.29 is 19.4 Å². The van der Waals surface area contributed by atoms with E-state index in [1.807, 2.05) is 36.4 Å². The molecule has 1 amide bonds. The van der Waals surface area contributed by atoms with Gasteiger partial charge in [0.1, 0.15) is 18.4 Å². The summed E-state index contributed by atoms with van der Waals surface area (Å²) >= 11 is 0. The zero-order valence-electron chi connectivity index (χ0n) is 14.2. The smallest absolute Gasteiger partial charge is 0.239 e. The number of ether oxygens (including phenoxy) is 2. The van der Waals surface area contributed by atoms with Gasteiger partial charge in [-0.15, -0.1) is 0 Å². The Hall–Kier alpha value is -2.41. The molecule has 0 aliphatic carbocycles. The highest BCUT2D eigenvalue weighted by Gasteiger charge is 2.15. The average molecular weight is 344 g/mol. The molecule has 0 aromatic heterocycles. The predicted molar refractivity (Wildman–Crippen MR) is 95.0 cm³/mol. The molecular weight excluding hydrogens is 320 g/mol. The molecule has 0 spiro atoms. The minimum Gasteiger partial charge on any atom is -0.489 e. The van der Waals surface area contributed by atoms with Crippen LogP contribution in [0.2, 0.25) is 0 Å². The van der Waals surface area contributed by atoms with Crippen LogP contribution < -0.4 is 15.8 Å². The van der Waals surface area contributed by atoms with Crippen LogP contribution >= 0.6 is 0 Å². The van der Waals surface area contributed by atoms with Crippen molar-refractivity contribution in [2.75, 3.05) is 20.3 Å². The van der Waals surface area contributed by atoms with Crippen molar-refractivity contribution in [3.05, 3.63) is 65.7 Å². The Morgan fingerprint density at radius 1 is 1.20 bits per heavy atom. The molecule has 0 fully saturated rings. The van der Waals surface area contributed by atoms with Crippen molar-refractivity contribution in [3.8, 4) is 5.75 Å². The van der Waals surface area contributed by atoms with E-state index in [1.54, 1.807) is 18.2 Å². The van der Waals surface area contributed by atoms with E-state index >= 15 is 0 Å². The Morgan fingerprint density at radius 2 is 1.96 bits per heavy atom. The van der Waals surface area contributed by atoms with Crippen molar-refractivity contribution in [1.29, 1.82) is 0 Å². The van der Waals surface area contributed by atoms with Crippen molar-refractivity contribution in [2.45, 2.75) is 18.8 Å². The van der Waals surface area contributed by atoms with Gasteiger partial charge in [-0.3, -0.25) is 4.79 Å². The first-order valence-corrected chi connectivity index (χ1v) is 8.07. The number of rotatable bonds is 9. The van der Waals surface area contributed by atoms with E-state index in [1.165, 1.54) is 7.11 Å². The van der Waals surface area contributed by atoms with E-state index in [9.17, 15) is 9.90 Å². The van der Waals surface area contributed by atoms with Gasteiger partial charge in [0, 0.05) is 13.7 Å². The minimum atomic E-state index is -0.848. The van der Waals surface area contributed by atoms with Gasteiger partial charge in [0.25, 0.3) is 0 Å². The fraction of sp³-hybridized carbons (Fsp3) is 0.316. The van der Waals surface area contributed by atoms with Crippen molar-refractivity contribution >= 4 is 5.91 Å². The Morgan fingerprint density at radius 3 is 2.68 bits per heavy atom. The van der Waals surface area contributed by atoms with Gasteiger partial charge in [-0.2, -0.15) is 0 Å². The van der Waals surface area contributed by atoms with Crippen molar-refractivity contribution in [2.24, 2.45) is 5.73 Å². The molecule has 2 unspecified atom stereocenters. The number of nitrogens with one attached hydrogen (secondary N) is 1. The van der Waals surface area contributed by atoms with E-state index in [2.05, 4.69) is 5.32 Å². The molecule has 4 N–H and O–H groups in total. The maximum absolute atomic E-state index is 11.7. The summed E-state index contributed by atoms with van der Waals surface area (Å²) in [4.78, 5) is 11.7. The number of methoxy groups -OCH3 is 1. The molecule has 6 heteroatoms. The summed E-state index contributed by atoms with van der Waals surface area (Å²) in [6.07, 6.45) is -0.848. The summed E-state index contributed by atoms with van der Waals surface area (Å²) in [5.74, 6) is 0.292. The molecule has 0 aliphatic rings. The number of amides is 1. The van der Waals surface area contributed by atoms with Crippen LogP contribution in [0.4, 0.5) is 0 Å². The molecule has 134 valence electrons. The van der Waals surface area contributed by atoms with Gasteiger partial charge in [-0.05, 0) is 23.3 Å². The van der Waals surface area contributed by atoms with Gasteiger partial charge in [0.15, 0.2) is 0 Å². The van der Waals surface area contributed by atoms with Gasteiger partial charge in [-0.1, -0.05) is 42.5 Å². The second kappa shape index (κ2) is 9.78. The number of carbonyl (C=O) groups excluding carboxylic acids is 1. The molecule has 0 radical (unpaired) electrons. The molecule has 0 saturated heterocycles. The molecule has 6 nitrogen and oxygen atoms in total. The van der Waals surface area contributed by atoms with E-state index in [4.69, 9.17) is 15.2 Å². The molecule has 0 saturated carbocycles. The van der Waals surface area contributed by atoms with Gasteiger partial charge in [0.2, 0.25) is 5.91 Å². The summed E-state index contributed by atoms with van der Waals surface area (Å²) in [5.41, 5.74) is 7.35. The Balaban J connectivity index is 1.88. The normalized spacial score (nSPS) is 13.1. The van der Waals surface area contributed by atoms with E-state index in [0.29, 0.717) is 17.9 Å². The first kappa shape index (κ1) is 18.9. The molecule has 0 heterocycles. The highest BCUT2D eigenvalue weighted by molar-refractivity contribution is 5.81. The summed E-state index contributed by atoms with van der Waals surface area (Å²) in [7, 11) is 1.48. The first-order valence-electron chi connectivity index (χ1n) is 8.07. The largest absolute Gasteiger partial charge is 0.489 e. The zero-order chi connectivity index (χ0) is 18.1. The standard InChI is InChI=1S/C19H24N2O4/c1-24-13-17(20)19(23)21-11-18(22)15-8-5-9-16(10-15)25-12-14-6-3-2-4-7-14/h2-10,17-18,22H,11-13,20H2,1H3,(H,21,23). The lowest BCUT2D eigenvalue weighted by Crippen LogP contribution is -2.44. The number of aliphatic hydroxyl groups excluding tert-OH is 1. The van der Waals surface area contributed by atoms with Gasteiger partial charge >= 0.3 is 0 Å². The predicted octanol–water partition coefficient (Wildman–Crippen LogP) is 1.39. The number of hydrogen-bond acceptors (Lipinski definition) is 5. The maximum Gasteiger partial charge on any atom is 0.239 e. The second-order valence-electron chi connectivity index (χ2n) is 5.67. The minimum absolute atomic E-state index is 0.0678. The third-order valence-corrected chi connectivity index (χ3v) is 3.64. The molecule has 0 aliphatic heterocycles. The lowest BCUT2D eigenvalue weighted by molar-refractivity contribution is -0.123. The Labute approximate surface area is 147 Å². The lowest BCUT2D eigenvalue weighted by atomic mass is 10.1. The molecular formula is C19H24N2O4. The van der Waals surface area contributed by atoms with Crippen molar-refractivity contribution in [3.63, 3.8) is 0 Å². The first-order chi connectivity index (χ1) is 12.1. The highest BCUT2D eigenvalue weighted by Crippen LogP contribution is 2.20. The van der Waals surface area contributed by atoms with Crippen LogP contribution in [0.15, 0.2) is 54.6 Å². The van der Waals surface area contributed by atoms with E-state index in [-0.39, 0.29) is 19.1 Å². The molecule has 2 atom stereocenters. The summed E-state index contributed by atoms with van der Waals surface area (Å²) < 4.78 is 10.6. The molecule has 25 heavy (non-hydrogen) atoms. The van der Waals surface area contributed by atoms with Crippen LogP contribution in [0.3, 0.4) is 0 Å². The van der Waals surface area contributed by atoms with Crippen LogP contribution in [-0.2, 0) is 16.1 Å². The van der Waals surface area contributed by atoms with Crippen LogP contribution in [0.25, 0.3) is 0 Å². The molecule has 0 bridgehead atoms. The van der Waals surface area contributed by atoms with Gasteiger partial charge in [0.05, 0.1) is 12.7 Å². The van der Waals surface area contributed by atoms with Crippen LogP contribution in [0.5, 0.6) is 5.75 Å². The highest BCUT2D eigenvalue weighted by atomic mass is 16.5. The third kappa shape index (κ3) is 6.19. The summed E-state index contributed by atoms with van der Waals surface area (Å²) in [5, 5.41) is 12.9. The molecule has 2 rings (SSSR count). The monoisotopic (exact) mass is 344 g/mol. The van der Waals surface area contributed by atoms with E-state index < -0.39 is 12.1 Å². The van der Waals surface area contributed by atoms with Crippen LogP contribution in [-0.4, -0.2) is 37.3 Å². The number of carbonyl (C=O) groups is 1. The Kier molecular flexibility index (Phi) is 7.40. The third-order valence-electron chi connectivity index (χ3n) is 3.64. The topological polar surface area (TPSA) is 93.8 Å². The fourth-order valence-corrected chi connectivity index (χ4v) is 2.25. The molecule has 2 aromatic carbocycles. The number of hydrogen-bond donors (Lipinski definition) is 3. The SMILES string of the molecule is COCC(N)C(=O)NCC(O)c1cccc(OCc2ccccc2)c1. The number of aliphatic hydroxyl groups is 1. The average Bonchev–Trinajstić information content (AvgIpc) is 2.65.